The summed E-state index contributed by atoms with van der Waals surface area (Å²) in [6.07, 6.45) is 0.733. The van der Waals surface area contributed by atoms with Crippen LogP contribution in [0.4, 0.5) is 0 Å². The van der Waals surface area contributed by atoms with Crippen LogP contribution in [0.25, 0.3) is 0 Å². The second-order valence-electron chi connectivity index (χ2n) is 5.52. The van der Waals surface area contributed by atoms with Gasteiger partial charge in [-0.05, 0) is 19.4 Å². The molecule has 1 aliphatic rings. The van der Waals surface area contributed by atoms with Crippen molar-refractivity contribution in [3.05, 3.63) is 71.3 Å². The minimum Gasteiger partial charge on any atom is -0.278 e. The highest BCUT2D eigenvalue weighted by atomic mass is 16.2. The molecule has 0 radical (unpaired) electrons. The Morgan fingerprint density at radius 2 is 1.36 bits per heavy atom. The van der Waals surface area contributed by atoms with E-state index in [4.69, 9.17) is 0 Å². The molecule has 1 fully saturated rings. The molecule has 3 nitrogen and oxygen atoms in total. The van der Waals surface area contributed by atoms with Crippen molar-refractivity contribution in [1.82, 2.24) is 4.90 Å². The van der Waals surface area contributed by atoms with E-state index in [1.54, 1.807) is 0 Å². The van der Waals surface area contributed by atoms with Crippen LogP contribution < -0.4 is 0 Å². The predicted molar refractivity (Wildman–Crippen MR) is 87.1 cm³/mol. The summed E-state index contributed by atoms with van der Waals surface area (Å²) < 4.78 is 0. The highest BCUT2D eigenvalue weighted by Crippen LogP contribution is 2.15. The second kappa shape index (κ2) is 7.55. The van der Waals surface area contributed by atoms with Gasteiger partial charge >= 0.3 is 0 Å². The van der Waals surface area contributed by atoms with Crippen LogP contribution in [0.3, 0.4) is 0 Å². The first-order chi connectivity index (χ1) is 10.6. The van der Waals surface area contributed by atoms with Crippen LogP contribution in [0.15, 0.2) is 54.6 Å². The van der Waals surface area contributed by atoms with Gasteiger partial charge in [-0.2, -0.15) is 0 Å². The van der Waals surface area contributed by atoms with E-state index in [0.717, 1.165) is 5.56 Å². The predicted octanol–water partition coefficient (Wildman–Crippen LogP) is 3.64. The van der Waals surface area contributed by atoms with Gasteiger partial charge in [0.25, 0.3) is 0 Å². The van der Waals surface area contributed by atoms with E-state index in [1.807, 2.05) is 30.3 Å². The summed E-state index contributed by atoms with van der Waals surface area (Å²) in [5, 5.41) is 0. The molecule has 0 aromatic heterocycles. The first kappa shape index (κ1) is 16.0. The summed E-state index contributed by atoms with van der Waals surface area (Å²) in [5.41, 5.74) is 3.67. The molecule has 2 amide bonds. The summed E-state index contributed by atoms with van der Waals surface area (Å²) in [6, 6.07) is 18.0. The van der Waals surface area contributed by atoms with E-state index >= 15 is 0 Å². The molecule has 0 bridgehead atoms. The molecule has 0 N–H and O–H groups in total. The van der Waals surface area contributed by atoms with E-state index in [9.17, 15) is 9.59 Å². The molecular formula is C19H21NO2. The Labute approximate surface area is 131 Å². The van der Waals surface area contributed by atoms with Gasteiger partial charge in [-0.3, -0.25) is 14.5 Å². The highest BCUT2D eigenvalue weighted by molar-refractivity contribution is 6.01. The van der Waals surface area contributed by atoms with Crippen LogP contribution in [0, 0.1) is 13.8 Å². The lowest BCUT2D eigenvalue weighted by atomic mass is 10.2. The number of amides is 2. The molecule has 1 heterocycles. The Bertz CT molecular complexity index is 616. The molecule has 3 heteroatoms. The number of carbonyl (C=O) groups is 2. The number of hydrogen-bond donors (Lipinski definition) is 0. The van der Waals surface area contributed by atoms with Crippen molar-refractivity contribution in [2.45, 2.75) is 33.2 Å². The Morgan fingerprint density at radius 3 is 1.82 bits per heavy atom. The van der Waals surface area contributed by atoms with Crippen LogP contribution >= 0.6 is 0 Å². The van der Waals surface area contributed by atoms with Crippen LogP contribution in [0.2, 0.25) is 0 Å². The standard InChI is InChI=1S/C11H11NO2.C8H10/c13-10-6-7-11(14)12(10)8-9-4-2-1-3-5-9;1-7-4-3-5-8(2)6-7/h1-5H,6-8H2;3-6H,1-2H3. The van der Waals surface area contributed by atoms with Crippen molar-refractivity contribution in [2.75, 3.05) is 0 Å². The van der Waals surface area contributed by atoms with Crippen LogP contribution in [0.1, 0.15) is 29.5 Å². The quantitative estimate of drug-likeness (QED) is 0.793. The number of rotatable bonds is 2. The molecule has 0 unspecified atom stereocenters. The molecule has 0 atom stereocenters. The van der Waals surface area contributed by atoms with E-state index in [0.29, 0.717) is 19.4 Å². The average Bonchev–Trinajstić information content (AvgIpc) is 2.81. The largest absolute Gasteiger partial charge is 0.278 e. The minimum absolute atomic E-state index is 0.0566. The van der Waals surface area contributed by atoms with Crippen LogP contribution in [-0.2, 0) is 16.1 Å². The zero-order valence-electron chi connectivity index (χ0n) is 13.1. The van der Waals surface area contributed by atoms with Crippen LogP contribution in [-0.4, -0.2) is 16.7 Å². The lowest BCUT2D eigenvalue weighted by Crippen LogP contribution is -2.28. The minimum atomic E-state index is -0.0566. The first-order valence-electron chi connectivity index (χ1n) is 7.46. The van der Waals surface area contributed by atoms with E-state index in [1.165, 1.54) is 16.0 Å². The molecule has 1 aliphatic heterocycles. The maximum Gasteiger partial charge on any atom is 0.229 e. The van der Waals surface area contributed by atoms with Crippen molar-refractivity contribution in [2.24, 2.45) is 0 Å². The fourth-order valence-corrected chi connectivity index (χ4v) is 2.37. The number of carbonyl (C=O) groups excluding carboxylic acids is 2. The number of likely N-dealkylation sites (tertiary alicyclic amines) is 1. The van der Waals surface area contributed by atoms with Gasteiger partial charge < -0.3 is 0 Å². The Balaban J connectivity index is 0.000000188. The van der Waals surface area contributed by atoms with Crippen molar-refractivity contribution < 1.29 is 9.59 Å². The number of aryl methyl sites for hydroxylation is 2. The smallest absolute Gasteiger partial charge is 0.229 e. The highest BCUT2D eigenvalue weighted by Gasteiger charge is 2.28. The van der Waals surface area contributed by atoms with Crippen molar-refractivity contribution >= 4 is 11.8 Å². The summed E-state index contributed by atoms with van der Waals surface area (Å²) in [5.74, 6) is -0.113. The van der Waals surface area contributed by atoms with E-state index in [-0.39, 0.29) is 11.8 Å². The zero-order chi connectivity index (χ0) is 15.9. The molecule has 0 spiro atoms. The lowest BCUT2D eigenvalue weighted by molar-refractivity contribution is -0.139. The van der Waals surface area contributed by atoms with Gasteiger partial charge in [0.1, 0.15) is 0 Å². The van der Waals surface area contributed by atoms with Gasteiger partial charge in [-0.15, -0.1) is 0 Å². The zero-order valence-corrected chi connectivity index (χ0v) is 13.1. The van der Waals surface area contributed by atoms with Gasteiger partial charge in [0.05, 0.1) is 6.54 Å². The summed E-state index contributed by atoms with van der Waals surface area (Å²) in [7, 11) is 0. The number of imide groups is 1. The van der Waals surface area contributed by atoms with Gasteiger partial charge in [0.2, 0.25) is 11.8 Å². The first-order valence-corrected chi connectivity index (χ1v) is 7.46. The molecule has 114 valence electrons. The molecule has 2 aromatic rings. The maximum atomic E-state index is 11.3. The Kier molecular flexibility index (Phi) is 5.48. The summed E-state index contributed by atoms with van der Waals surface area (Å²) in [6.45, 7) is 4.62. The van der Waals surface area contributed by atoms with Crippen molar-refractivity contribution in [3.63, 3.8) is 0 Å². The fourth-order valence-electron chi connectivity index (χ4n) is 2.37. The molecule has 2 aromatic carbocycles. The van der Waals surface area contributed by atoms with Crippen molar-refractivity contribution in [3.8, 4) is 0 Å². The Morgan fingerprint density at radius 1 is 0.818 bits per heavy atom. The van der Waals surface area contributed by atoms with Crippen molar-refractivity contribution in [1.29, 1.82) is 0 Å². The Hall–Kier alpha value is -2.42. The summed E-state index contributed by atoms with van der Waals surface area (Å²) >= 11 is 0. The second-order valence-corrected chi connectivity index (χ2v) is 5.52. The third kappa shape index (κ3) is 4.55. The molecule has 0 saturated carbocycles. The molecule has 1 saturated heterocycles. The lowest BCUT2D eigenvalue weighted by Gasteiger charge is -2.13. The van der Waals surface area contributed by atoms with Gasteiger partial charge in [-0.25, -0.2) is 0 Å². The average molecular weight is 295 g/mol. The molecule has 0 aliphatic carbocycles. The molecule has 22 heavy (non-hydrogen) atoms. The van der Waals surface area contributed by atoms with Gasteiger partial charge in [0.15, 0.2) is 0 Å². The SMILES string of the molecule is Cc1cccc(C)c1.O=C1CCC(=O)N1Cc1ccccc1. The third-order valence-corrected chi connectivity index (χ3v) is 3.51. The maximum absolute atomic E-state index is 11.3. The number of hydrogen-bond acceptors (Lipinski definition) is 2. The third-order valence-electron chi connectivity index (χ3n) is 3.51. The molecule has 3 rings (SSSR count). The topological polar surface area (TPSA) is 37.4 Å². The number of benzene rings is 2. The summed E-state index contributed by atoms with van der Waals surface area (Å²) in [4.78, 5) is 23.9. The van der Waals surface area contributed by atoms with Crippen LogP contribution in [0.5, 0.6) is 0 Å². The van der Waals surface area contributed by atoms with Gasteiger partial charge in [0, 0.05) is 12.8 Å². The monoisotopic (exact) mass is 295 g/mol. The fraction of sp³-hybridized carbons (Fsp3) is 0.263. The number of nitrogens with zero attached hydrogens (tertiary/aromatic N) is 1. The molecular weight excluding hydrogens is 274 g/mol. The van der Waals surface area contributed by atoms with Gasteiger partial charge in [-0.1, -0.05) is 65.7 Å². The van der Waals surface area contributed by atoms with E-state index in [2.05, 4.69) is 38.1 Å². The van der Waals surface area contributed by atoms with E-state index < -0.39 is 0 Å². The normalized spacial score (nSPS) is 13.8.